The second kappa shape index (κ2) is 9.63. The van der Waals surface area contributed by atoms with Crippen molar-refractivity contribution in [3.8, 4) is 0 Å². The van der Waals surface area contributed by atoms with E-state index in [9.17, 15) is 4.57 Å². The summed E-state index contributed by atoms with van der Waals surface area (Å²) in [4.78, 5) is 9.58. The van der Waals surface area contributed by atoms with Gasteiger partial charge in [-0.1, -0.05) is 121 Å². The summed E-state index contributed by atoms with van der Waals surface area (Å²) in [6, 6.07) is 41.9. The van der Waals surface area contributed by atoms with Crippen LogP contribution in [0.25, 0.3) is 0 Å². The molecule has 1 aromatic heterocycles. The monoisotopic (exact) mass is 464 g/mol. The van der Waals surface area contributed by atoms with Crippen LogP contribution in [-0.2, 0) is 4.57 Å². The number of aromatic nitrogens is 2. The molecule has 0 fully saturated rings. The summed E-state index contributed by atoms with van der Waals surface area (Å²) >= 11 is 0. The van der Waals surface area contributed by atoms with Gasteiger partial charge in [0.1, 0.15) is 0 Å². The summed E-state index contributed by atoms with van der Waals surface area (Å²) in [5, 5.41) is 3.85. The van der Waals surface area contributed by atoms with Crippen molar-refractivity contribution in [2.45, 2.75) is 0 Å². The molecule has 5 aromatic rings. The topological polar surface area (TPSA) is 42.9 Å². The molecular weight excluding hydrogens is 442 g/mol. The van der Waals surface area contributed by atoms with Gasteiger partial charge in [0.15, 0.2) is 5.57 Å². The summed E-state index contributed by atoms with van der Waals surface area (Å²) in [6.07, 6.45) is 1.75. The number of nitrogens with zero attached hydrogens (tertiary/aromatic N) is 2. The van der Waals surface area contributed by atoms with Crippen LogP contribution in [0.4, 0.5) is 0 Å². The highest BCUT2D eigenvalue weighted by molar-refractivity contribution is 7.85. The lowest BCUT2D eigenvalue weighted by Gasteiger charge is -2.21. The van der Waals surface area contributed by atoms with E-state index in [-0.39, 0.29) is 0 Å². The molecule has 0 saturated heterocycles. The van der Waals surface area contributed by atoms with Crippen LogP contribution in [-0.4, -0.2) is 9.97 Å². The fourth-order valence-electron chi connectivity index (χ4n) is 3.84. The van der Waals surface area contributed by atoms with Crippen LogP contribution in [0.3, 0.4) is 0 Å². The van der Waals surface area contributed by atoms with Gasteiger partial charge in [-0.05, 0) is 16.7 Å². The van der Waals surface area contributed by atoms with E-state index in [1.807, 2.05) is 78.9 Å². The van der Waals surface area contributed by atoms with E-state index in [1.165, 1.54) is 10.6 Å². The molecule has 160 valence electrons. The van der Waals surface area contributed by atoms with Crippen molar-refractivity contribution in [1.29, 1.82) is 0 Å². The molecule has 0 aliphatic carbocycles. The minimum Gasteiger partial charge on any atom is -0.305 e. The zero-order valence-electron chi connectivity index (χ0n) is 17.9. The lowest BCUT2D eigenvalue weighted by molar-refractivity contribution is 0.591. The second-order valence-electron chi connectivity index (χ2n) is 7.50. The molecule has 0 atom stereocenters. The Morgan fingerprint density at radius 2 is 0.970 bits per heavy atom. The number of benzene rings is 4. The highest BCUT2D eigenvalue weighted by Crippen LogP contribution is 2.41. The third-order valence-corrected chi connectivity index (χ3v) is 10.6. The predicted octanol–water partition coefficient (Wildman–Crippen LogP) is 3.87. The maximum atomic E-state index is 14.7. The second-order valence-corrected chi connectivity index (χ2v) is 12.3. The third kappa shape index (κ3) is 4.31. The van der Waals surface area contributed by atoms with Crippen molar-refractivity contribution in [2.75, 3.05) is 0 Å². The van der Waals surface area contributed by atoms with Crippen LogP contribution >= 0.6 is 15.1 Å². The van der Waals surface area contributed by atoms with Crippen LogP contribution < -0.4 is 32.2 Å². The Hall–Kier alpha value is -3.38. The molecule has 0 saturated carbocycles. The van der Waals surface area contributed by atoms with Gasteiger partial charge in [-0.25, -0.2) is 9.97 Å². The zero-order chi connectivity index (χ0) is 22.5. The molecule has 0 unspecified atom stereocenters. The van der Waals surface area contributed by atoms with Crippen molar-refractivity contribution in [1.82, 2.24) is 9.97 Å². The first-order valence-corrected chi connectivity index (χ1v) is 13.8. The average molecular weight is 464 g/mol. The molecule has 0 bridgehead atoms. The molecule has 0 radical (unpaired) electrons. The van der Waals surface area contributed by atoms with Crippen molar-refractivity contribution < 1.29 is 4.57 Å². The van der Waals surface area contributed by atoms with E-state index in [0.717, 1.165) is 16.0 Å². The third-order valence-electron chi connectivity index (χ3n) is 5.41. The van der Waals surface area contributed by atoms with E-state index in [2.05, 4.69) is 53.5 Å². The standard InChI is InChI=1S/C28H22N2OP2/c31-33(25-17-9-3-10-18-25,26-19-11-4-12-20-26)28-29-22-21-27(30-28)32(23-13-5-1-6-14-23)24-15-7-2-8-16-24/h1-22H. The van der Waals surface area contributed by atoms with Crippen molar-refractivity contribution in [3.05, 3.63) is 134 Å². The molecule has 0 amide bonds. The quantitative estimate of drug-likeness (QED) is 0.359. The van der Waals surface area contributed by atoms with Crippen molar-refractivity contribution in [2.24, 2.45) is 0 Å². The predicted molar refractivity (Wildman–Crippen MR) is 140 cm³/mol. The first-order valence-electron chi connectivity index (χ1n) is 10.7. The largest absolute Gasteiger partial charge is 0.305 e. The average Bonchev–Trinajstić information content (AvgIpc) is 2.91. The minimum absolute atomic E-state index is 0.372. The molecular formula is C28H22N2OP2. The Morgan fingerprint density at radius 3 is 1.42 bits per heavy atom. The minimum atomic E-state index is -3.24. The molecule has 1 heterocycles. The molecule has 0 aliphatic heterocycles. The van der Waals surface area contributed by atoms with Gasteiger partial charge in [0.2, 0.25) is 7.14 Å². The number of hydrogen-bond acceptors (Lipinski definition) is 3. The van der Waals surface area contributed by atoms with E-state index in [0.29, 0.717) is 5.57 Å². The molecule has 4 aromatic carbocycles. The van der Waals surface area contributed by atoms with Gasteiger partial charge in [-0.15, -0.1) is 0 Å². The van der Waals surface area contributed by atoms with Gasteiger partial charge in [0, 0.05) is 24.7 Å². The van der Waals surface area contributed by atoms with E-state index in [4.69, 9.17) is 4.98 Å². The molecule has 0 N–H and O–H groups in total. The number of rotatable bonds is 6. The molecule has 3 nitrogen and oxygen atoms in total. The first-order chi connectivity index (χ1) is 16.3. The normalized spacial score (nSPS) is 11.4. The van der Waals surface area contributed by atoms with Crippen LogP contribution in [0.2, 0.25) is 0 Å². The number of hydrogen-bond donors (Lipinski definition) is 0. The fraction of sp³-hybridized carbons (Fsp3) is 0. The highest BCUT2D eigenvalue weighted by Gasteiger charge is 2.33. The highest BCUT2D eigenvalue weighted by atomic mass is 31.2. The maximum absolute atomic E-state index is 14.7. The van der Waals surface area contributed by atoms with Gasteiger partial charge in [0.25, 0.3) is 0 Å². The summed E-state index contributed by atoms with van der Waals surface area (Å²) in [5.41, 5.74) is 1.26. The summed E-state index contributed by atoms with van der Waals surface area (Å²) in [5.74, 6) is 0. The van der Waals surface area contributed by atoms with Gasteiger partial charge < -0.3 is 4.57 Å². The molecule has 0 spiro atoms. The Kier molecular flexibility index (Phi) is 6.26. The smallest absolute Gasteiger partial charge is 0.206 e. The van der Waals surface area contributed by atoms with Gasteiger partial charge >= 0.3 is 0 Å². The van der Waals surface area contributed by atoms with Crippen LogP contribution in [0, 0.1) is 0 Å². The molecule has 0 aliphatic rings. The van der Waals surface area contributed by atoms with Gasteiger partial charge in [-0.3, -0.25) is 0 Å². The summed E-state index contributed by atoms with van der Waals surface area (Å²) < 4.78 is 14.7. The Bertz CT molecular complexity index is 1300. The Morgan fingerprint density at radius 1 is 0.545 bits per heavy atom. The zero-order valence-corrected chi connectivity index (χ0v) is 19.7. The summed E-state index contributed by atoms with van der Waals surface area (Å²) in [7, 11) is -4.16. The van der Waals surface area contributed by atoms with Crippen molar-refractivity contribution >= 4 is 47.3 Å². The molecule has 5 rings (SSSR count). The van der Waals surface area contributed by atoms with Crippen molar-refractivity contribution in [3.63, 3.8) is 0 Å². The molecule has 33 heavy (non-hydrogen) atoms. The van der Waals surface area contributed by atoms with E-state index in [1.54, 1.807) is 6.20 Å². The van der Waals surface area contributed by atoms with Gasteiger partial charge in [0.05, 0.1) is 5.44 Å². The first kappa shape index (κ1) is 21.5. The van der Waals surface area contributed by atoms with E-state index < -0.39 is 15.1 Å². The molecule has 5 heteroatoms. The fourth-order valence-corrected chi connectivity index (χ4v) is 8.52. The van der Waals surface area contributed by atoms with E-state index >= 15 is 0 Å². The Balaban J connectivity index is 1.71. The summed E-state index contributed by atoms with van der Waals surface area (Å²) in [6.45, 7) is 0. The SMILES string of the molecule is O=P(c1ccccc1)(c1ccccc1)c1nccc(P(c2ccccc2)c2ccccc2)n1. The Labute approximate surface area is 195 Å². The van der Waals surface area contributed by atoms with Crippen LogP contribution in [0.15, 0.2) is 134 Å². The van der Waals surface area contributed by atoms with Gasteiger partial charge in [-0.2, -0.15) is 0 Å². The van der Waals surface area contributed by atoms with Crippen LogP contribution in [0.1, 0.15) is 0 Å². The maximum Gasteiger partial charge on any atom is 0.206 e. The lowest BCUT2D eigenvalue weighted by atomic mass is 10.4. The van der Waals surface area contributed by atoms with Crippen LogP contribution in [0.5, 0.6) is 0 Å². The lowest BCUT2D eigenvalue weighted by Crippen LogP contribution is -2.34.